The van der Waals surface area contributed by atoms with Gasteiger partial charge in [-0.05, 0) is 36.8 Å². The predicted molar refractivity (Wildman–Crippen MR) is 99.8 cm³/mol. The number of rotatable bonds is 3. The molecule has 0 saturated carbocycles. The van der Waals surface area contributed by atoms with E-state index in [1.54, 1.807) is 35.4 Å². The Kier molecular flexibility index (Phi) is 4.52. The Morgan fingerprint density at radius 3 is 2.55 bits per heavy atom. The lowest BCUT2D eigenvalue weighted by Crippen LogP contribution is -2.42. The molecule has 9 heteroatoms. The third kappa shape index (κ3) is 3.22. The normalized spacial score (nSPS) is 16.7. The van der Waals surface area contributed by atoms with Crippen molar-refractivity contribution in [1.29, 1.82) is 0 Å². The highest BCUT2D eigenvalue weighted by molar-refractivity contribution is 6.09. The number of fused-ring (bicyclic) bond motifs is 1. The van der Waals surface area contributed by atoms with E-state index in [1.165, 1.54) is 24.1 Å². The van der Waals surface area contributed by atoms with Gasteiger partial charge in [0.05, 0.1) is 24.9 Å². The number of carbonyl (C=O) groups excluding carboxylic acids is 1. The molecule has 0 fully saturated rings. The van der Waals surface area contributed by atoms with E-state index in [1.807, 2.05) is 6.92 Å². The average Bonchev–Trinajstić information content (AvgIpc) is 3.16. The summed E-state index contributed by atoms with van der Waals surface area (Å²) in [5.41, 5.74) is 1.26. The highest BCUT2D eigenvalue weighted by atomic mass is 19.4. The number of hydrogen-bond acceptors (Lipinski definition) is 4. The van der Waals surface area contributed by atoms with E-state index in [0.717, 1.165) is 11.6 Å². The summed E-state index contributed by atoms with van der Waals surface area (Å²) < 4.78 is 46.1. The summed E-state index contributed by atoms with van der Waals surface area (Å²) in [4.78, 5) is 18.7. The van der Waals surface area contributed by atoms with Crippen LogP contribution in [-0.4, -0.2) is 34.3 Å². The number of anilines is 1. The number of ether oxygens (including phenoxy) is 1. The molecule has 2 aromatic heterocycles. The Balaban J connectivity index is 1.78. The number of halogens is 3. The number of pyridine rings is 1. The Morgan fingerprint density at radius 1 is 1.17 bits per heavy atom. The van der Waals surface area contributed by atoms with Crippen LogP contribution < -0.4 is 9.64 Å². The SMILES string of the molecule is COc1cc(N2C[C@H](C)n3ncc(-c4ccncc4)c3C2=O)ccc1C(F)(F)F. The van der Waals surface area contributed by atoms with Crippen molar-refractivity contribution >= 4 is 11.6 Å². The van der Waals surface area contributed by atoms with Crippen molar-refractivity contribution in [3.05, 3.63) is 60.2 Å². The minimum Gasteiger partial charge on any atom is -0.496 e. The van der Waals surface area contributed by atoms with Crippen molar-refractivity contribution in [3.63, 3.8) is 0 Å². The van der Waals surface area contributed by atoms with Gasteiger partial charge in [-0.2, -0.15) is 18.3 Å². The Morgan fingerprint density at radius 2 is 1.90 bits per heavy atom. The first-order chi connectivity index (χ1) is 13.8. The summed E-state index contributed by atoms with van der Waals surface area (Å²) in [6.45, 7) is 2.17. The lowest BCUT2D eigenvalue weighted by Gasteiger charge is -2.32. The zero-order valence-corrected chi connectivity index (χ0v) is 15.6. The number of alkyl halides is 3. The number of aromatic nitrogens is 3. The molecule has 4 rings (SSSR count). The van der Waals surface area contributed by atoms with Gasteiger partial charge in [0.15, 0.2) is 0 Å². The highest BCUT2D eigenvalue weighted by Gasteiger charge is 2.37. The molecular weight excluding hydrogens is 385 g/mol. The molecule has 29 heavy (non-hydrogen) atoms. The number of amides is 1. The molecule has 1 aromatic carbocycles. The first kappa shape index (κ1) is 19.0. The van der Waals surface area contributed by atoms with E-state index < -0.39 is 11.7 Å². The maximum absolute atomic E-state index is 13.3. The Bertz CT molecular complexity index is 1060. The van der Waals surface area contributed by atoms with E-state index in [2.05, 4.69) is 10.1 Å². The highest BCUT2D eigenvalue weighted by Crippen LogP contribution is 2.39. The Hall–Kier alpha value is -3.36. The van der Waals surface area contributed by atoms with Crippen LogP contribution in [0.15, 0.2) is 48.9 Å². The number of benzene rings is 1. The molecule has 1 aliphatic heterocycles. The van der Waals surface area contributed by atoms with Crippen LogP contribution in [0.2, 0.25) is 0 Å². The zero-order valence-electron chi connectivity index (χ0n) is 15.6. The summed E-state index contributed by atoms with van der Waals surface area (Å²) in [7, 11) is 1.17. The van der Waals surface area contributed by atoms with E-state index in [4.69, 9.17) is 4.74 Å². The second kappa shape index (κ2) is 6.91. The monoisotopic (exact) mass is 402 g/mol. The van der Waals surface area contributed by atoms with Crippen LogP contribution in [0.25, 0.3) is 11.1 Å². The van der Waals surface area contributed by atoms with Crippen LogP contribution in [0.3, 0.4) is 0 Å². The quantitative estimate of drug-likeness (QED) is 0.659. The van der Waals surface area contributed by atoms with Gasteiger partial charge in [-0.3, -0.25) is 14.5 Å². The van der Waals surface area contributed by atoms with Gasteiger partial charge in [-0.1, -0.05) is 0 Å². The van der Waals surface area contributed by atoms with E-state index in [9.17, 15) is 18.0 Å². The molecule has 1 aliphatic rings. The van der Waals surface area contributed by atoms with Crippen LogP contribution in [-0.2, 0) is 6.18 Å². The fourth-order valence-corrected chi connectivity index (χ4v) is 3.51. The molecule has 0 aliphatic carbocycles. The van der Waals surface area contributed by atoms with Crippen molar-refractivity contribution in [2.45, 2.75) is 19.1 Å². The van der Waals surface area contributed by atoms with Gasteiger partial charge in [0, 0.05) is 36.3 Å². The molecule has 1 atom stereocenters. The maximum atomic E-state index is 13.3. The first-order valence-electron chi connectivity index (χ1n) is 8.86. The fraction of sp³-hybridized carbons (Fsp3) is 0.250. The lowest BCUT2D eigenvalue weighted by molar-refractivity contribution is -0.138. The molecule has 0 saturated heterocycles. The van der Waals surface area contributed by atoms with Crippen LogP contribution in [0, 0.1) is 0 Å². The molecule has 0 spiro atoms. The molecule has 0 bridgehead atoms. The number of methoxy groups -OCH3 is 1. The number of hydrogen-bond donors (Lipinski definition) is 0. The minimum absolute atomic E-state index is 0.161. The smallest absolute Gasteiger partial charge is 0.419 e. The summed E-state index contributed by atoms with van der Waals surface area (Å²) in [5.74, 6) is -0.668. The van der Waals surface area contributed by atoms with Gasteiger partial charge >= 0.3 is 6.18 Å². The summed E-state index contributed by atoms with van der Waals surface area (Å²) >= 11 is 0. The van der Waals surface area contributed by atoms with Gasteiger partial charge in [-0.25, -0.2) is 0 Å². The molecular formula is C20H17F3N4O2. The minimum atomic E-state index is -4.55. The van der Waals surface area contributed by atoms with Crippen molar-refractivity contribution in [2.24, 2.45) is 0 Å². The van der Waals surface area contributed by atoms with E-state index >= 15 is 0 Å². The first-order valence-corrected chi connectivity index (χ1v) is 8.86. The van der Waals surface area contributed by atoms with Gasteiger partial charge in [0.2, 0.25) is 0 Å². The van der Waals surface area contributed by atoms with Gasteiger partial charge in [0.25, 0.3) is 5.91 Å². The molecule has 0 radical (unpaired) electrons. The van der Waals surface area contributed by atoms with Crippen molar-refractivity contribution < 1.29 is 22.7 Å². The molecule has 0 unspecified atom stereocenters. The zero-order chi connectivity index (χ0) is 20.8. The van der Waals surface area contributed by atoms with Crippen LogP contribution in [0.5, 0.6) is 5.75 Å². The van der Waals surface area contributed by atoms with Crippen LogP contribution in [0.4, 0.5) is 18.9 Å². The largest absolute Gasteiger partial charge is 0.496 e. The van der Waals surface area contributed by atoms with Gasteiger partial charge in [-0.15, -0.1) is 0 Å². The number of carbonyl (C=O) groups is 1. The summed E-state index contributed by atoms with van der Waals surface area (Å²) in [5, 5.41) is 4.35. The molecule has 3 heterocycles. The predicted octanol–water partition coefficient (Wildman–Crippen LogP) is 4.19. The summed E-state index contributed by atoms with van der Waals surface area (Å²) in [6, 6.07) is 6.85. The maximum Gasteiger partial charge on any atom is 0.419 e. The van der Waals surface area contributed by atoms with Crippen molar-refractivity contribution in [2.75, 3.05) is 18.6 Å². The third-order valence-corrected chi connectivity index (χ3v) is 4.90. The number of nitrogens with zero attached hydrogens (tertiary/aromatic N) is 4. The fourth-order valence-electron chi connectivity index (χ4n) is 3.51. The molecule has 3 aromatic rings. The summed E-state index contributed by atoms with van der Waals surface area (Å²) in [6.07, 6.45) is 0.315. The molecule has 6 nitrogen and oxygen atoms in total. The van der Waals surface area contributed by atoms with E-state index in [-0.39, 0.29) is 24.2 Å². The molecule has 150 valence electrons. The molecule has 1 amide bonds. The average molecular weight is 402 g/mol. The standard InChI is InChI=1S/C20H17F3N4O2/c1-12-11-26(14-3-4-16(20(21,22)23)17(9-14)29-2)19(28)18-15(10-25-27(12)18)13-5-7-24-8-6-13/h3-10,12H,11H2,1-2H3/t12-/m0/s1. The molecule has 0 N–H and O–H groups in total. The van der Waals surface area contributed by atoms with Gasteiger partial charge in [0.1, 0.15) is 11.4 Å². The topological polar surface area (TPSA) is 60.2 Å². The van der Waals surface area contributed by atoms with E-state index in [0.29, 0.717) is 16.9 Å². The van der Waals surface area contributed by atoms with Crippen LogP contribution >= 0.6 is 0 Å². The van der Waals surface area contributed by atoms with Crippen LogP contribution in [0.1, 0.15) is 29.0 Å². The van der Waals surface area contributed by atoms with Gasteiger partial charge < -0.3 is 9.64 Å². The second-order valence-electron chi connectivity index (χ2n) is 6.73. The van der Waals surface area contributed by atoms with Crippen molar-refractivity contribution in [3.8, 4) is 16.9 Å². The third-order valence-electron chi connectivity index (χ3n) is 4.90. The second-order valence-corrected chi connectivity index (χ2v) is 6.73. The van der Waals surface area contributed by atoms with Crippen molar-refractivity contribution in [1.82, 2.24) is 14.8 Å². The lowest BCUT2D eigenvalue weighted by atomic mass is 10.0. The Labute approximate surface area is 164 Å².